The highest BCUT2D eigenvalue weighted by Gasteiger charge is 2.24. The van der Waals surface area contributed by atoms with Gasteiger partial charge in [0.1, 0.15) is 0 Å². The summed E-state index contributed by atoms with van der Waals surface area (Å²) >= 11 is 13.9. The van der Waals surface area contributed by atoms with E-state index in [4.69, 9.17) is 28.2 Å². The third-order valence-corrected chi connectivity index (χ3v) is 6.01. The minimum Gasteiger partial charge on any atom is -0.308 e. The van der Waals surface area contributed by atoms with Gasteiger partial charge in [-0.2, -0.15) is 0 Å². The fraction of sp³-hybridized carbons (Fsp3) is 0.300. The molecule has 28 heavy (non-hydrogen) atoms. The van der Waals surface area contributed by atoms with E-state index in [1.165, 1.54) is 11.3 Å². The van der Waals surface area contributed by atoms with Crippen molar-refractivity contribution in [3.05, 3.63) is 57.1 Å². The molecule has 0 unspecified atom stereocenters. The maximum atomic E-state index is 13.3. The second kappa shape index (κ2) is 9.42. The standard InChI is InChI=1S/C20H21Cl2N3OS.ClH/c1-12-9-13(2)18-17(10-12)23-20(27-18)25(8-7-24(3)4)19(26)15-11-14(21)5-6-16(15)22;/h5-6,9-11H,7-8H2,1-4H3;1H. The van der Waals surface area contributed by atoms with Crippen molar-refractivity contribution in [2.75, 3.05) is 32.1 Å². The zero-order valence-electron chi connectivity index (χ0n) is 16.1. The summed E-state index contributed by atoms with van der Waals surface area (Å²) in [4.78, 5) is 21.8. The molecular weight excluding hydrogens is 437 g/mol. The maximum absolute atomic E-state index is 13.3. The number of hydrogen-bond donors (Lipinski definition) is 0. The van der Waals surface area contributed by atoms with E-state index in [1.54, 1.807) is 23.1 Å². The molecule has 1 aromatic heterocycles. The average Bonchev–Trinajstić information content (AvgIpc) is 3.00. The Kier molecular flexibility index (Phi) is 7.71. The molecule has 4 nitrogen and oxygen atoms in total. The van der Waals surface area contributed by atoms with Gasteiger partial charge < -0.3 is 4.90 Å². The number of carbonyl (C=O) groups excluding carboxylic acids is 1. The van der Waals surface area contributed by atoms with E-state index >= 15 is 0 Å². The number of anilines is 1. The van der Waals surface area contributed by atoms with Gasteiger partial charge in [0.05, 0.1) is 20.8 Å². The predicted octanol–water partition coefficient (Wildman–Crippen LogP) is 5.85. The van der Waals surface area contributed by atoms with Gasteiger partial charge in [-0.05, 0) is 63.3 Å². The molecule has 0 fully saturated rings. The van der Waals surface area contributed by atoms with Gasteiger partial charge in [0.25, 0.3) is 5.91 Å². The Morgan fingerprint density at radius 1 is 1.11 bits per heavy atom. The van der Waals surface area contributed by atoms with Gasteiger partial charge >= 0.3 is 0 Å². The molecule has 0 aliphatic carbocycles. The molecule has 1 amide bonds. The molecule has 0 N–H and O–H groups in total. The molecule has 8 heteroatoms. The fourth-order valence-electron chi connectivity index (χ4n) is 2.87. The molecule has 0 radical (unpaired) electrons. The normalized spacial score (nSPS) is 11.0. The van der Waals surface area contributed by atoms with E-state index in [2.05, 4.69) is 13.0 Å². The zero-order valence-corrected chi connectivity index (χ0v) is 19.3. The number of likely N-dealkylation sites (N-methyl/N-ethyl adjacent to an activating group) is 1. The van der Waals surface area contributed by atoms with Crippen LogP contribution in [-0.2, 0) is 0 Å². The van der Waals surface area contributed by atoms with Crippen LogP contribution in [0.25, 0.3) is 10.2 Å². The number of benzene rings is 2. The average molecular weight is 459 g/mol. The fourth-order valence-corrected chi connectivity index (χ4v) is 4.28. The van der Waals surface area contributed by atoms with Crippen LogP contribution in [0.4, 0.5) is 5.13 Å². The summed E-state index contributed by atoms with van der Waals surface area (Å²) in [6.07, 6.45) is 0. The Labute approximate surface area is 185 Å². The van der Waals surface area contributed by atoms with Gasteiger partial charge in [0, 0.05) is 18.1 Å². The first-order chi connectivity index (χ1) is 12.8. The number of nitrogens with zero attached hydrogens (tertiary/aromatic N) is 3. The predicted molar refractivity (Wildman–Crippen MR) is 123 cm³/mol. The lowest BCUT2D eigenvalue weighted by Gasteiger charge is -2.22. The minimum atomic E-state index is -0.196. The van der Waals surface area contributed by atoms with Crippen molar-refractivity contribution in [3.63, 3.8) is 0 Å². The highest BCUT2D eigenvalue weighted by atomic mass is 35.5. The van der Waals surface area contributed by atoms with Crippen molar-refractivity contribution in [2.45, 2.75) is 13.8 Å². The highest BCUT2D eigenvalue weighted by molar-refractivity contribution is 7.22. The van der Waals surface area contributed by atoms with Gasteiger partial charge in [0.15, 0.2) is 5.13 Å². The molecule has 0 aliphatic heterocycles. The third-order valence-electron chi connectivity index (χ3n) is 4.21. The van der Waals surface area contributed by atoms with Crippen molar-refractivity contribution >= 4 is 68.2 Å². The Bertz CT molecular complexity index is 1000. The van der Waals surface area contributed by atoms with Crippen LogP contribution in [0.1, 0.15) is 21.5 Å². The van der Waals surface area contributed by atoms with E-state index in [1.807, 2.05) is 32.0 Å². The summed E-state index contributed by atoms with van der Waals surface area (Å²) in [7, 11) is 3.95. The van der Waals surface area contributed by atoms with Crippen LogP contribution in [0.2, 0.25) is 10.0 Å². The van der Waals surface area contributed by atoms with E-state index < -0.39 is 0 Å². The summed E-state index contributed by atoms with van der Waals surface area (Å²) in [5, 5.41) is 1.53. The molecule has 0 saturated heterocycles. The van der Waals surface area contributed by atoms with Gasteiger partial charge in [0.2, 0.25) is 0 Å². The summed E-state index contributed by atoms with van der Waals surface area (Å²) in [6, 6.07) is 9.10. The van der Waals surface area contributed by atoms with Crippen molar-refractivity contribution < 1.29 is 4.79 Å². The smallest absolute Gasteiger partial charge is 0.261 e. The molecule has 2 aromatic carbocycles. The Morgan fingerprint density at radius 3 is 2.50 bits per heavy atom. The Morgan fingerprint density at radius 2 is 1.82 bits per heavy atom. The first kappa shape index (κ1) is 22.9. The van der Waals surface area contributed by atoms with Crippen LogP contribution in [-0.4, -0.2) is 43.0 Å². The summed E-state index contributed by atoms with van der Waals surface area (Å²) < 4.78 is 1.09. The van der Waals surface area contributed by atoms with Crippen LogP contribution >= 0.6 is 46.9 Å². The lowest BCUT2D eigenvalue weighted by Crippen LogP contribution is -2.36. The molecule has 3 rings (SSSR count). The van der Waals surface area contributed by atoms with Gasteiger partial charge in [-0.25, -0.2) is 4.98 Å². The molecule has 0 bridgehead atoms. The number of carbonyl (C=O) groups is 1. The van der Waals surface area contributed by atoms with E-state index in [0.717, 1.165) is 21.3 Å². The minimum absolute atomic E-state index is 0. The first-order valence-electron chi connectivity index (χ1n) is 8.55. The number of thiazole rings is 1. The first-order valence-corrected chi connectivity index (χ1v) is 10.1. The SMILES string of the molecule is Cc1cc(C)c2sc(N(CCN(C)C)C(=O)c3cc(Cl)ccc3Cl)nc2c1.Cl. The molecular formula is C20H22Cl3N3OS. The second-order valence-electron chi connectivity index (χ2n) is 6.81. The quantitative estimate of drug-likeness (QED) is 0.481. The number of aromatic nitrogens is 1. The zero-order chi connectivity index (χ0) is 19.7. The van der Waals surface area contributed by atoms with Crippen LogP contribution < -0.4 is 4.90 Å². The number of halogens is 3. The number of rotatable bonds is 5. The van der Waals surface area contributed by atoms with Crippen LogP contribution in [0.5, 0.6) is 0 Å². The third kappa shape index (κ3) is 4.97. The van der Waals surface area contributed by atoms with Crippen molar-refractivity contribution in [1.29, 1.82) is 0 Å². The summed E-state index contributed by atoms with van der Waals surface area (Å²) in [6.45, 7) is 5.33. The van der Waals surface area contributed by atoms with Crippen LogP contribution in [0.15, 0.2) is 30.3 Å². The molecule has 150 valence electrons. The van der Waals surface area contributed by atoms with E-state index in [-0.39, 0.29) is 18.3 Å². The number of fused-ring (bicyclic) bond motifs is 1. The number of aryl methyl sites for hydroxylation is 2. The highest BCUT2D eigenvalue weighted by Crippen LogP contribution is 2.33. The summed E-state index contributed by atoms with van der Waals surface area (Å²) in [5.41, 5.74) is 3.61. The van der Waals surface area contributed by atoms with E-state index in [9.17, 15) is 4.79 Å². The topological polar surface area (TPSA) is 36.4 Å². The monoisotopic (exact) mass is 457 g/mol. The molecule has 3 aromatic rings. The largest absolute Gasteiger partial charge is 0.308 e. The maximum Gasteiger partial charge on any atom is 0.261 e. The molecule has 0 spiro atoms. The molecule has 0 saturated carbocycles. The lowest BCUT2D eigenvalue weighted by atomic mass is 10.1. The van der Waals surface area contributed by atoms with Crippen LogP contribution in [0.3, 0.4) is 0 Å². The van der Waals surface area contributed by atoms with E-state index in [0.29, 0.717) is 33.8 Å². The van der Waals surface area contributed by atoms with Crippen molar-refractivity contribution in [2.24, 2.45) is 0 Å². The lowest BCUT2D eigenvalue weighted by molar-refractivity contribution is 0.0985. The number of hydrogen-bond acceptors (Lipinski definition) is 4. The Hall–Kier alpha value is -1.37. The van der Waals surface area contributed by atoms with Gasteiger partial charge in [-0.3, -0.25) is 9.69 Å². The Balaban J connectivity index is 0.00000280. The van der Waals surface area contributed by atoms with Gasteiger partial charge in [-0.1, -0.05) is 40.6 Å². The van der Waals surface area contributed by atoms with Crippen LogP contribution in [0, 0.1) is 13.8 Å². The molecule has 0 atom stereocenters. The van der Waals surface area contributed by atoms with Crippen molar-refractivity contribution in [1.82, 2.24) is 9.88 Å². The molecule has 0 aliphatic rings. The summed E-state index contributed by atoms with van der Waals surface area (Å²) in [5.74, 6) is -0.196. The van der Waals surface area contributed by atoms with Gasteiger partial charge in [-0.15, -0.1) is 12.4 Å². The van der Waals surface area contributed by atoms with Crippen molar-refractivity contribution in [3.8, 4) is 0 Å². The molecule has 1 heterocycles. The second-order valence-corrected chi connectivity index (χ2v) is 8.63. The number of amides is 1.